The van der Waals surface area contributed by atoms with Gasteiger partial charge < -0.3 is 29.4 Å². The first kappa shape index (κ1) is 28.0. The van der Waals surface area contributed by atoms with Crippen LogP contribution in [0.15, 0.2) is 66.7 Å². The maximum Gasteiger partial charge on any atom is 1.00 e. The van der Waals surface area contributed by atoms with Crippen molar-refractivity contribution in [1.29, 1.82) is 0 Å². The second-order valence-electron chi connectivity index (χ2n) is 8.06. The molecule has 3 aromatic carbocycles. The quantitative estimate of drug-likeness (QED) is 0.337. The third kappa shape index (κ3) is 7.02. The number of fused-ring (bicyclic) bond motifs is 1. The molecule has 0 aliphatic carbocycles. The fourth-order valence-corrected chi connectivity index (χ4v) is 4.14. The molecule has 0 fully saturated rings. The number of hydrogen-bond acceptors (Lipinski definition) is 6. The third-order valence-electron chi connectivity index (χ3n) is 5.66. The summed E-state index contributed by atoms with van der Waals surface area (Å²) in [6.07, 6.45) is 0.425. The van der Waals surface area contributed by atoms with E-state index in [0.29, 0.717) is 47.8 Å². The van der Waals surface area contributed by atoms with Crippen molar-refractivity contribution in [3.05, 3.63) is 88.4 Å². The molecule has 7 nitrogen and oxygen atoms in total. The van der Waals surface area contributed by atoms with Crippen LogP contribution in [-0.4, -0.2) is 31.3 Å². The van der Waals surface area contributed by atoms with Gasteiger partial charge in [-0.1, -0.05) is 41.9 Å². The number of nitrogens with one attached hydrogen (secondary N) is 1. The average molecular weight is 518 g/mol. The molecule has 36 heavy (non-hydrogen) atoms. The summed E-state index contributed by atoms with van der Waals surface area (Å²) in [4.78, 5) is 24.2. The molecule has 2 unspecified atom stereocenters. The Labute approximate surface area is 237 Å². The van der Waals surface area contributed by atoms with Gasteiger partial charge in [0.05, 0.1) is 11.6 Å². The van der Waals surface area contributed by atoms with Crippen molar-refractivity contribution in [2.45, 2.75) is 31.9 Å². The number of hydrogen-bond donors (Lipinski definition) is 1. The molecule has 1 heterocycles. The summed E-state index contributed by atoms with van der Waals surface area (Å²) in [6, 6.07) is 19.5. The molecule has 1 aliphatic rings. The Balaban J connectivity index is 0.00000361. The Kier molecular flexibility index (Phi) is 10.2. The molecule has 182 valence electrons. The molecule has 0 aromatic heterocycles. The number of halogens is 1. The van der Waals surface area contributed by atoms with Gasteiger partial charge in [0.1, 0.15) is 23.5 Å². The van der Waals surface area contributed by atoms with Crippen molar-refractivity contribution < 1.29 is 58.5 Å². The van der Waals surface area contributed by atoms with Gasteiger partial charge >= 0.3 is 29.6 Å². The van der Waals surface area contributed by atoms with Gasteiger partial charge in [-0.3, -0.25) is 4.79 Å². The van der Waals surface area contributed by atoms with Crippen LogP contribution in [0.4, 0.5) is 0 Å². The van der Waals surface area contributed by atoms with Crippen molar-refractivity contribution in [1.82, 2.24) is 5.32 Å². The number of benzene rings is 3. The molecule has 0 radical (unpaired) electrons. The van der Waals surface area contributed by atoms with E-state index < -0.39 is 18.1 Å². The van der Waals surface area contributed by atoms with Gasteiger partial charge in [-0.15, -0.1) is 0 Å². The molecular formula is C27H25ClNNaO6. The van der Waals surface area contributed by atoms with E-state index in [1.165, 1.54) is 6.07 Å². The van der Waals surface area contributed by atoms with E-state index in [0.717, 1.165) is 5.56 Å². The van der Waals surface area contributed by atoms with Gasteiger partial charge in [0.25, 0.3) is 5.91 Å². The van der Waals surface area contributed by atoms with Gasteiger partial charge in [-0.05, 0) is 49.2 Å². The van der Waals surface area contributed by atoms with E-state index in [1.54, 1.807) is 30.3 Å². The Hall–Kier alpha value is -2.55. The van der Waals surface area contributed by atoms with Crippen LogP contribution < -0.4 is 49.5 Å². The molecule has 9 heteroatoms. The number of carboxylic acid groups (broad SMARTS) is 1. The maximum atomic E-state index is 12.8. The monoisotopic (exact) mass is 517 g/mol. The van der Waals surface area contributed by atoms with Crippen LogP contribution in [0.2, 0.25) is 5.02 Å². The van der Waals surface area contributed by atoms with E-state index in [9.17, 15) is 14.7 Å². The third-order valence-corrected chi connectivity index (χ3v) is 5.95. The SMILES string of the molecule is CCOC(Cc1ccccc1)NC(=O)c1ccc(Oc2cc3c(cc2Cl)C(C(=O)[O-])CCO3)cc1.[Na+]. The van der Waals surface area contributed by atoms with Gasteiger partial charge in [0.15, 0.2) is 0 Å². The fraction of sp³-hybridized carbons (Fsp3) is 0.259. The van der Waals surface area contributed by atoms with E-state index in [4.69, 9.17) is 25.8 Å². The van der Waals surface area contributed by atoms with Crippen LogP contribution in [0.1, 0.15) is 40.7 Å². The minimum Gasteiger partial charge on any atom is -0.549 e. The van der Waals surface area contributed by atoms with Crippen LogP contribution in [0.5, 0.6) is 17.2 Å². The first-order chi connectivity index (χ1) is 16.9. The summed E-state index contributed by atoms with van der Waals surface area (Å²) >= 11 is 6.34. The fourth-order valence-electron chi connectivity index (χ4n) is 3.92. The maximum absolute atomic E-state index is 12.8. The minimum atomic E-state index is -1.16. The van der Waals surface area contributed by atoms with Crippen molar-refractivity contribution in [2.75, 3.05) is 13.2 Å². The van der Waals surface area contributed by atoms with E-state index in [-0.39, 0.29) is 47.1 Å². The summed E-state index contributed by atoms with van der Waals surface area (Å²) in [5, 5.41) is 14.6. The van der Waals surface area contributed by atoms with E-state index >= 15 is 0 Å². The van der Waals surface area contributed by atoms with E-state index in [1.807, 2.05) is 37.3 Å². The zero-order valence-corrected chi connectivity index (χ0v) is 22.9. The second-order valence-corrected chi connectivity index (χ2v) is 8.47. The summed E-state index contributed by atoms with van der Waals surface area (Å²) in [5.74, 6) is -1.02. The predicted molar refractivity (Wildman–Crippen MR) is 129 cm³/mol. The van der Waals surface area contributed by atoms with Gasteiger partial charge in [-0.2, -0.15) is 0 Å². The Morgan fingerprint density at radius 3 is 2.53 bits per heavy atom. The Morgan fingerprint density at radius 2 is 1.86 bits per heavy atom. The smallest absolute Gasteiger partial charge is 0.549 e. The topological polar surface area (TPSA) is 96.9 Å². The first-order valence-electron chi connectivity index (χ1n) is 11.4. The van der Waals surface area contributed by atoms with Gasteiger partial charge in [-0.25, -0.2) is 0 Å². The molecule has 0 bridgehead atoms. The Morgan fingerprint density at radius 1 is 1.14 bits per heavy atom. The molecule has 3 aromatic rings. The summed E-state index contributed by atoms with van der Waals surface area (Å²) in [5.41, 5.74) is 1.98. The van der Waals surface area contributed by atoms with Crippen LogP contribution in [-0.2, 0) is 16.0 Å². The zero-order chi connectivity index (χ0) is 24.8. The number of aliphatic carboxylic acids is 1. The average Bonchev–Trinajstić information content (AvgIpc) is 2.85. The van der Waals surface area contributed by atoms with Crippen molar-refractivity contribution >= 4 is 23.5 Å². The van der Waals surface area contributed by atoms with Crippen LogP contribution in [0.3, 0.4) is 0 Å². The molecule has 0 spiro atoms. The summed E-state index contributed by atoms with van der Waals surface area (Å²) < 4.78 is 17.2. The summed E-state index contributed by atoms with van der Waals surface area (Å²) in [7, 11) is 0. The van der Waals surface area contributed by atoms with Crippen molar-refractivity contribution in [3.8, 4) is 17.2 Å². The van der Waals surface area contributed by atoms with E-state index in [2.05, 4.69) is 5.32 Å². The normalized spacial score (nSPS) is 15.0. The number of carboxylic acids is 1. The Bertz CT molecular complexity index is 1190. The molecule has 4 rings (SSSR count). The standard InChI is InChI=1S/C27H26ClNO6.Na/c1-2-33-25(14-17-6-4-3-5-7-17)29-26(30)18-8-10-19(11-9-18)35-24-16-23-21(15-22(24)28)20(27(31)32)12-13-34-23;/h3-11,15-16,20,25H,2,12-14H2,1H3,(H,29,30)(H,31,32);/q;+1/p-1. The number of carbonyl (C=O) groups is 2. The molecular weight excluding hydrogens is 493 g/mol. The predicted octanol–water partition coefficient (Wildman–Crippen LogP) is 1.09. The van der Waals surface area contributed by atoms with Gasteiger partial charge in [0, 0.05) is 42.1 Å². The van der Waals surface area contributed by atoms with Crippen LogP contribution in [0.25, 0.3) is 0 Å². The first-order valence-corrected chi connectivity index (χ1v) is 11.7. The number of rotatable bonds is 9. The number of ether oxygens (including phenoxy) is 3. The van der Waals surface area contributed by atoms with Crippen LogP contribution >= 0.6 is 11.6 Å². The van der Waals surface area contributed by atoms with Gasteiger partial charge in [0.2, 0.25) is 0 Å². The molecule has 1 aliphatic heterocycles. The zero-order valence-electron chi connectivity index (χ0n) is 20.2. The van der Waals surface area contributed by atoms with Crippen molar-refractivity contribution in [2.24, 2.45) is 0 Å². The summed E-state index contributed by atoms with van der Waals surface area (Å²) in [6.45, 7) is 2.62. The second kappa shape index (κ2) is 13.1. The minimum absolute atomic E-state index is 0. The molecule has 0 saturated heterocycles. The van der Waals surface area contributed by atoms with Crippen molar-refractivity contribution in [3.63, 3.8) is 0 Å². The number of carbonyl (C=O) groups excluding carboxylic acids is 2. The molecule has 1 amide bonds. The van der Waals surface area contributed by atoms with Crippen LogP contribution in [0, 0.1) is 0 Å². The largest absolute Gasteiger partial charge is 1.00 e. The molecule has 1 N–H and O–H groups in total. The molecule has 0 saturated carbocycles. The number of amides is 1. The molecule has 2 atom stereocenters.